The molecule has 0 saturated heterocycles. The topological polar surface area (TPSA) is 58.5 Å². The highest BCUT2D eigenvalue weighted by atomic mass is 15.1. The summed E-state index contributed by atoms with van der Waals surface area (Å²) < 4.78 is 2.04. The van der Waals surface area contributed by atoms with Crippen molar-refractivity contribution in [1.29, 1.82) is 0 Å². The summed E-state index contributed by atoms with van der Waals surface area (Å²) in [4.78, 5) is 4.42. The molecule has 0 aromatic carbocycles. The SMILES string of the molecule is CCCNC(c1cn[nH]c1C)c1nccn1C. The number of aryl methyl sites for hydroxylation is 2. The summed E-state index contributed by atoms with van der Waals surface area (Å²) in [6.07, 6.45) is 6.76. The molecule has 1 atom stereocenters. The van der Waals surface area contributed by atoms with E-state index in [-0.39, 0.29) is 6.04 Å². The highest BCUT2D eigenvalue weighted by Crippen LogP contribution is 2.21. The van der Waals surface area contributed by atoms with Crippen molar-refractivity contribution >= 4 is 0 Å². The summed E-state index contributed by atoms with van der Waals surface area (Å²) >= 11 is 0. The van der Waals surface area contributed by atoms with Gasteiger partial charge in [-0.05, 0) is 19.9 Å². The molecule has 1 unspecified atom stereocenters. The van der Waals surface area contributed by atoms with Gasteiger partial charge in [0, 0.05) is 30.7 Å². The van der Waals surface area contributed by atoms with Gasteiger partial charge in [-0.2, -0.15) is 5.10 Å². The van der Waals surface area contributed by atoms with Crippen molar-refractivity contribution in [2.24, 2.45) is 7.05 Å². The van der Waals surface area contributed by atoms with Crippen LogP contribution >= 0.6 is 0 Å². The van der Waals surface area contributed by atoms with Gasteiger partial charge < -0.3 is 9.88 Å². The molecule has 0 aliphatic rings. The van der Waals surface area contributed by atoms with E-state index in [0.717, 1.165) is 30.0 Å². The van der Waals surface area contributed by atoms with Gasteiger partial charge in [-0.15, -0.1) is 0 Å². The van der Waals surface area contributed by atoms with Gasteiger partial charge in [0.05, 0.1) is 12.2 Å². The Balaban J connectivity index is 2.32. The van der Waals surface area contributed by atoms with Crippen LogP contribution in [-0.4, -0.2) is 26.3 Å². The van der Waals surface area contributed by atoms with E-state index in [1.54, 1.807) is 0 Å². The maximum Gasteiger partial charge on any atom is 0.130 e. The average Bonchev–Trinajstić information content (AvgIpc) is 2.90. The molecule has 5 nitrogen and oxygen atoms in total. The minimum Gasteiger partial charge on any atom is -0.336 e. The minimum absolute atomic E-state index is 0.105. The summed E-state index contributed by atoms with van der Waals surface area (Å²) in [5.41, 5.74) is 2.24. The maximum absolute atomic E-state index is 4.42. The first-order valence-electron chi connectivity index (χ1n) is 5.94. The van der Waals surface area contributed by atoms with E-state index in [9.17, 15) is 0 Å². The average molecular weight is 233 g/mol. The van der Waals surface area contributed by atoms with E-state index in [2.05, 4.69) is 27.4 Å². The Hall–Kier alpha value is -1.62. The van der Waals surface area contributed by atoms with Crippen molar-refractivity contribution in [3.63, 3.8) is 0 Å². The molecule has 0 aliphatic heterocycles. The molecule has 2 heterocycles. The van der Waals surface area contributed by atoms with Crippen LogP contribution < -0.4 is 5.32 Å². The molecule has 92 valence electrons. The lowest BCUT2D eigenvalue weighted by Gasteiger charge is -2.17. The fourth-order valence-electron chi connectivity index (χ4n) is 1.94. The van der Waals surface area contributed by atoms with Crippen molar-refractivity contribution in [3.05, 3.63) is 35.7 Å². The standard InChI is InChI=1S/C12H19N5/c1-4-5-13-11(10-8-15-16-9(10)2)12-14-6-7-17(12)3/h6-8,11,13H,4-5H2,1-3H3,(H,15,16). The van der Waals surface area contributed by atoms with Crippen LogP contribution in [0.15, 0.2) is 18.6 Å². The van der Waals surface area contributed by atoms with E-state index in [1.807, 2.05) is 37.1 Å². The first-order valence-corrected chi connectivity index (χ1v) is 5.94. The molecule has 0 bridgehead atoms. The number of hydrogen-bond donors (Lipinski definition) is 2. The summed E-state index contributed by atoms with van der Waals surface area (Å²) in [6.45, 7) is 5.15. The van der Waals surface area contributed by atoms with Crippen molar-refractivity contribution in [2.75, 3.05) is 6.54 Å². The van der Waals surface area contributed by atoms with Crippen LogP contribution in [0.2, 0.25) is 0 Å². The second-order valence-corrected chi connectivity index (χ2v) is 4.23. The van der Waals surface area contributed by atoms with Gasteiger partial charge in [-0.1, -0.05) is 6.92 Å². The zero-order chi connectivity index (χ0) is 12.3. The van der Waals surface area contributed by atoms with Crippen molar-refractivity contribution in [1.82, 2.24) is 25.1 Å². The van der Waals surface area contributed by atoms with Gasteiger partial charge in [0.15, 0.2) is 0 Å². The molecule has 17 heavy (non-hydrogen) atoms. The highest BCUT2D eigenvalue weighted by molar-refractivity contribution is 5.26. The van der Waals surface area contributed by atoms with Crippen LogP contribution in [-0.2, 0) is 7.05 Å². The monoisotopic (exact) mass is 233 g/mol. The van der Waals surface area contributed by atoms with E-state index < -0.39 is 0 Å². The van der Waals surface area contributed by atoms with Crippen LogP contribution in [0, 0.1) is 6.92 Å². The number of rotatable bonds is 5. The number of aromatic amines is 1. The predicted molar refractivity (Wildman–Crippen MR) is 66.7 cm³/mol. The quantitative estimate of drug-likeness (QED) is 0.823. The van der Waals surface area contributed by atoms with E-state index in [0.29, 0.717) is 0 Å². The zero-order valence-electron chi connectivity index (χ0n) is 10.6. The molecule has 0 fully saturated rings. The molecule has 0 saturated carbocycles. The Bertz CT molecular complexity index is 430. The summed E-state index contributed by atoms with van der Waals surface area (Å²) in [6, 6.07) is 0.105. The number of nitrogens with zero attached hydrogens (tertiary/aromatic N) is 3. The predicted octanol–water partition coefficient (Wildman–Crippen LogP) is 1.54. The van der Waals surface area contributed by atoms with Crippen LogP contribution in [0.4, 0.5) is 0 Å². The number of aromatic nitrogens is 4. The summed E-state index contributed by atoms with van der Waals surface area (Å²) in [7, 11) is 2.01. The second-order valence-electron chi connectivity index (χ2n) is 4.23. The molecular weight excluding hydrogens is 214 g/mol. The van der Waals surface area contributed by atoms with Crippen LogP contribution in [0.1, 0.15) is 36.5 Å². The smallest absolute Gasteiger partial charge is 0.130 e. The lowest BCUT2D eigenvalue weighted by atomic mass is 10.1. The molecule has 0 radical (unpaired) electrons. The first kappa shape index (κ1) is 11.9. The number of hydrogen-bond acceptors (Lipinski definition) is 3. The van der Waals surface area contributed by atoms with Crippen molar-refractivity contribution < 1.29 is 0 Å². The molecular formula is C12H19N5. The molecule has 2 N–H and O–H groups in total. The first-order chi connectivity index (χ1) is 8.24. The Morgan fingerprint density at radius 3 is 2.88 bits per heavy atom. The van der Waals surface area contributed by atoms with Crippen molar-refractivity contribution in [2.45, 2.75) is 26.3 Å². The number of H-pyrrole nitrogens is 1. The number of nitrogens with one attached hydrogen (secondary N) is 2. The second kappa shape index (κ2) is 5.14. The fraction of sp³-hybridized carbons (Fsp3) is 0.500. The van der Waals surface area contributed by atoms with E-state index in [1.165, 1.54) is 0 Å². The van der Waals surface area contributed by atoms with Crippen LogP contribution in [0.5, 0.6) is 0 Å². The van der Waals surface area contributed by atoms with Gasteiger partial charge in [0.2, 0.25) is 0 Å². The van der Waals surface area contributed by atoms with Crippen LogP contribution in [0.3, 0.4) is 0 Å². The Morgan fingerprint density at radius 1 is 1.53 bits per heavy atom. The van der Waals surface area contributed by atoms with Gasteiger partial charge in [0.1, 0.15) is 5.82 Å². The minimum atomic E-state index is 0.105. The Morgan fingerprint density at radius 2 is 2.35 bits per heavy atom. The van der Waals surface area contributed by atoms with Gasteiger partial charge in [-0.3, -0.25) is 5.10 Å². The van der Waals surface area contributed by atoms with E-state index in [4.69, 9.17) is 0 Å². The third kappa shape index (κ3) is 2.39. The summed E-state index contributed by atoms with van der Waals surface area (Å²) in [5, 5.41) is 10.6. The zero-order valence-corrected chi connectivity index (χ0v) is 10.6. The van der Waals surface area contributed by atoms with Gasteiger partial charge in [-0.25, -0.2) is 4.98 Å². The highest BCUT2D eigenvalue weighted by Gasteiger charge is 2.20. The fourth-order valence-corrected chi connectivity index (χ4v) is 1.94. The van der Waals surface area contributed by atoms with Gasteiger partial charge in [0.25, 0.3) is 0 Å². The third-order valence-electron chi connectivity index (χ3n) is 2.90. The molecule has 5 heteroatoms. The molecule has 0 amide bonds. The number of imidazole rings is 1. The van der Waals surface area contributed by atoms with E-state index >= 15 is 0 Å². The largest absolute Gasteiger partial charge is 0.336 e. The lowest BCUT2D eigenvalue weighted by molar-refractivity contribution is 0.554. The maximum atomic E-state index is 4.42. The normalized spacial score (nSPS) is 12.9. The Kier molecular flexibility index (Phi) is 3.58. The Labute approximate surface area is 101 Å². The summed E-state index contributed by atoms with van der Waals surface area (Å²) in [5.74, 6) is 1.02. The van der Waals surface area contributed by atoms with Crippen molar-refractivity contribution in [3.8, 4) is 0 Å². The molecule has 2 aromatic rings. The lowest BCUT2D eigenvalue weighted by Crippen LogP contribution is -2.26. The molecule has 2 aromatic heterocycles. The van der Waals surface area contributed by atoms with Crippen LogP contribution in [0.25, 0.3) is 0 Å². The molecule has 0 aliphatic carbocycles. The van der Waals surface area contributed by atoms with Gasteiger partial charge >= 0.3 is 0 Å². The molecule has 2 rings (SSSR count). The molecule has 0 spiro atoms. The third-order valence-corrected chi connectivity index (χ3v) is 2.90.